The molecule has 0 aliphatic carbocycles. The molecule has 0 aromatic heterocycles. The molecule has 85 heavy (non-hydrogen) atoms. The van der Waals surface area contributed by atoms with Crippen molar-refractivity contribution in [3.63, 3.8) is 0 Å². The number of nitrogens with one attached hydrogen (secondary N) is 7. The molecule has 2 saturated heterocycles. The Labute approximate surface area is 491 Å². The van der Waals surface area contributed by atoms with Crippen LogP contribution in [-0.4, -0.2) is 194 Å². The number of hydrogen-bond donors (Lipinski definition) is 15. The van der Waals surface area contributed by atoms with Crippen molar-refractivity contribution in [3.05, 3.63) is 65.7 Å². The number of phenols is 1. The average Bonchev–Trinajstić information content (AvgIpc) is 3.05. The van der Waals surface area contributed by atoms with Gasteiger partial charge in [-0.3, -0.25) is 52.7 Å². The maximum Gasteiger partial charge on any atom is 0.328 e. The number of likely N-dealkylation sites (tertiary alicyclic amines) is 2. The van der Waals surface area contributed by atoms with Crippen LogP contribution in [0.4, 0.5) is 0 Å². The number of aliphatic carboxylic acids is 1. The Bertz CT molecular complexity index is 2660. The van der Waals surface area contributed by atoms with Gasteiger partial charge in [0.25, 0.3) is 0 Å². The first kappa shape index (κ1) is 69.2. The number of aliphatic hydroxyl groups is 2. The van der Waals surface area contributed by atoms with E-state index in [1.807, 2.05) is 13.8 Å². The highest BCUT2D eigenvalue weighted by Crippen LogP contribution is 2.27. The molecule has 0 unspecified atom stereocenters. The number of carboxylic acid groups (broad SMARTS) is 1. The van der Waals surface area contributed by atoms with Crippen molar-refractivity contribution >= 4 is 70.9 Å². The van der Waals surface area contributed by atoms with Crippen LogP contribution in [0.3, 0.4) is 0 Å². The Hall–Kier alpha value is -8.28. The summed E-state index contributed by atoms with van der Waals surface area (Å²) in [6, 6.07) is -0.336. The third-order valence-electron chi connectivity index (χ3n) is 14.4. The van der Waals surface area contributed by atoms with Crippen LogP contribution in [0.15, 0.2) is 54.6 Å². The molecule has 2 aromatic rings. The van der Waals surface area contributed by atoms with Crippen molar-refractivity contribution in [3.8, 4) is 5.75 Å². The minimum absolute atomic E-state index is 0.00610. The average molecular weight is 1190 g/mol. The van der Waals surface area contributed by atoms with Gasteiger partial charge >= 0.3 is 5.97 Å². The molecule has 2 aliphatic heterocycles. The number of amides is 11. The lowest BCUT2D eigenvalue weighted by atomic mass is 10.0. The Morgan fingerprint density at radius 3 is 1.69 bits per heavy atom. The molecule has 2 aromatic carbocycles. The van der Waals surface area contributed by atoms with Crippen molar-refractivity contribution in [2.75, 3.05) is 26.2 Å². The van der Waals surface area contributed by atoms with Crippen LogP contribution in [0.5, 0.6) is 5.75 Å². The number of carboxylic acids is 1. The summed E-state index contributed by atoms with van der Waals surface area (Å²) < 4.78 is 0. The van der Waals surface area contributed by atoms with Crippen molar-refractivity contribution in [2.24, 2.45) is 28.9 Å². The van der Waals surface area contributed by atoms with E-state index in [9.17, 15) is 78.0 Å². The molecule has 29 nitrogen and oxygen atoms in total. The molecule has 0 saturated carbocycles. The second kappa shape index (κ2) is 33.9. The Morgan fingerprint density at radius 1 is 0.600 bits per heavy atom. The zero-order valence-corrected chi connectivity index (χ0v) is 48.0. The summed E-state index contributed by atoms with van der Waals surface area (Å²) >= 11 is 0. The first-order valence-electron chi connectivity index (χ1n) is 28.3. The molecule has 2 aliphatic rings. The van der Waals surface area contributed by atoms with Gasteiger partial charge in [0.2, 0.25) is 65.0 Å². The predicted molar refractivity (Wildman–Crippen MR) is 304 cm³/mol. The van der Waals surface area contributed by atoms with Gasteiger partial charge < -0.3 is 90.4 Å². The van der Waals surface area contributed by atoms with Crippen LogP contribution in [0.2, 0.25) is 0 Å². The number of nitrogens with two attached hydrogens (primary N) is 4. The van der Waals surface area contributed by atoms with Gasteiger partial charge in [-0.1, -0.05) is 56.3 Å². The lowest BCUT2D eigenvalue weighted by Crippen LogP contribution is -2.61. The predicted octanol–water partition coefficient (Wildman–Crippen LogP) is -4.35. The van der Waals surface area contributed by atoms with E-state index >= 15 is 0 Å². The maximum absolute atomic E-state index is 14.9. The highest BCUT2D eigenvalue weighted by Gasteiger charge is 2.45. The smallest absolute Gasteiger partial charge is 0.328 e. The summed E-state index contributed by atoms with van der Waals surface area (Å²) in [4.78, 5) is 165. The van der Waals surface area contributed by atoms with Crippen LogP contribution < -0.4 is 60.2 Å². The molecule has 468 valence electrons. The molecule has 19 N–H and O–H groups in total. The summed E-state index contributed by atoms with van der Waals surface area (Å²) in [5.41, 5.74) is 23.6. The summed E-state index contributed by atoms with van der Waals surface area (Å²) in [7, 11) is 0. The van der Waals surface area contributed by atoms with Crippen LogP contribution >= 0.6 is 0 Å². The van der Waals surface area contributed by atoms with E-state index in [1.54, 1.807) is 30.3 Å². The molecule has 11 atom stereocenters. The molecule has 11 amide bonds. The molecular formula is C56H83N13O16. The van der Waals surface area contributed by atoms with Gasteiger partial charge in [0.15, 0.2) is 6.04 Å². The highest BCUT2D eigenvalue weighted by molar-refractivity contribution is 6.00. The maximum atomic E-state index is 14.9. The number of rotatable bonds is 34. The van der Waals surface area contributed by atoms with Gasteiger partial charge in [0, 0.05) is 32.4 Å². The number of nitrogens with zero attached hydrogens (tertiary/aromatic N) is 2. The quantitative estimate of drug-likeness (QED) is 0.0295. The molecule has 2 fully saturated rings. The minimum Gasteiger partial charge on any atom is -0.508 e. The van der Waals surface area contributed by atoms with Gasteiger partial charge in [-0.2, -0.15) is 0 Å². The lowest BCUT2D eigenvalue weighted by Gasteiger charge is -2.34. The van der Waals surface area contributed by atoms with E-state index in [0.29, 0.717) is 30.4 Å². The lowest BCUT2D eigenvalue weighted by molar-refractivity contribution is -0.148. The summed E-state index contributed by atoms with van der Waals surface area (Å²) in [6.45, 7) is 4.06. The molecular weight excluding hydrogens is 1110 g/mol. The first-order chi connectivity index (χ1) is 40.2. The number of aliphatic hydroxyl groups excluding tert-OH is 2. The Kier molecular flexibility index (Phi) is 27.6. The van der Waals surface area contributed by atoms with Crippen molar-refractivity contribution < 1.29 is 78.0 Å². The molecule has 0 radical (unpaired) electrons. The Morgan fingerprint density at radius 2 is 1.12 bits per heavy atom. The van der Waals surface area contributed by atoms with Gasteiger partial charge in [-0.05, 0) is 100 Å². The normalized spacial score (nSPS) is 18.0. The third kappa shape index (κ3) is 21.7. The van der Waals surface area contributed by atoms with Gasteiger partial charge in [0.05, 0.1) is 25.2 Å². The fourth-order valence-electron chi connectivity index (χ4n) is 9.92. The SMILES string of the molecule is CC(C)C[C@H](N)C(=O)N[C@@H](CCC(N)=O)C(=O)N[C@@H](CO)C(=O)N[C@@H](CCCCN)C(=O)N[C@@H](CC(N)=O)C(=O)N[C@@H](Cc1ccccc1)C(=O)N1CCC[C@H]1C(=O)N1CCC[C@H]1C(=O)N[C@@H](Cc1ccc(O)cc1)C(=O)N[C@H](C(=O)O)[C@@H](C)O. The third-order valence-corrected chi connectivity index (χ3v) is 14.4. The topological polar surface area (TPSA) is 481 Å². The van der Waals surface area contributed by atoms with E-state index < -0.39 is 150 Å². The fourth-order valence-corrected chi connectivity index (χ4v) is 9.92. The molecule has 0 bridgehead atoms. The van der Waals surface area contributed by atoms with Crippen LogP contribution in [-0.2, 0) is 70.4 Å². The number of benzene rings is 2. The Balaban J connectivity index is 1.56. The van der Waals surface area contributed by atoms with E-state index in [1.165, 1.54) is 34.1 Å². The zero-order valence-electron chi connectivity index (χ0n) is 48.0. The van der Waals surface area contributed by atoms with Crippen LogP contribution in [0.25, 0.3) is 0 Å². The number of carbonyl (C=O) groups is 12. The summed E-state index contributed by atoms with van der Waals surface area (Å²) in [5, 5.41) is 57.0. The standard InChI is InChI=1S/C56H83N13O16/c1-30(2)25-35(58)47(75)61-37(20-21-44(59)73)49(77)66-41(29-70)52(80)62-36(13-7-8-22-57)48(76)63-39(28-45(60)74)50(78)65-40(27-32-11-5-4-6-12-32)54(82)69-24-10-15-43(69)55(83)68-23-9-14-42(68)53(81)64-38(26-33-16-18-34(72)19-17-33)51(79)67-46(31(3)71)56(84)85/h4-6,11-12,16-19,30-31,35-43,46,70-72H,7-10,13-15,20-29,57-58H2,1-3H3,(H2,59,73)(H2,60,74)(H,61,75)(H,62,80)(H,63,76)(H,64,81)(H,65,78)(H,66,77)(H,67,79)(H,84,85)/t31-,35+,36+,37+,38+,39+,40+,41+,42+,43+,46+/m1/s1. The number of unbranched alkanes of at least 4 members (excludes halogenated alkanes) is 1. The van der Waals surface area contributed by atoms with E-state index in [-0.39, 0.29) is 89.1 Å². The summed E-state index contributed by atoms with van der Waals surface area (Å²) in [5.74, 6) is -11.5. The van der Waals surface area contributed by atoms with Gasteiger partial charge in [-0.15, -0.1) is 0 Å². The second-order valence-corrected chi connectivity index (χ2v) is 21.8. The molecule has 0 spiro atoms. The molecule has 29 heteroatoms. The van der Waals surface area contributed by atoms with E-state index in [2.05, 4.69) is 37.2 Å². The van der Waals surface area contributed by atoms with Crippen LogP contribution in [0, 0.1) is 5.92 Å². The zero-order chi connectivity index (χ0) is 63.1. The molecule has 4 rings (SSSR count). The number of phenolic OH excluding ortho intramolecular Hbond substituents is 1. The van der Waals surface area contributed by atoms with Crippen molar-refractivity contribution in [1.29, 1.82) is 0 Å². The van der Waals surface area contributed by atoms with E-state index in [0.717, 1.165) is 6.92 Å². The fraction of sp³-hybridized carbons (Fsp3) is 0.571. The van der Waals surface area contributed by atoms with E-state index in [4.69, 9.17) is 22.9 Å². The second-order valence-electron chi connectivity index (χ2n) is 21.8. The first-order valence-corrected chi connectivity index (χ1v) is 28.3. The van der Waals surface area contributed by atoms with Crippen molar-refractivity contribution in [2.45, 2.75) is 171 Å². The van der Waals surface area contributed by atoms with Crippen molar-refractivity contribution in [1.82, 2.24) is 47.0 Å². The largest absolute Gasteiger partial charge is 0.508 e. The molecule has 2 heterocycles. The number of hydrogen-bond acceptors (Lipinski definition) is 17. The van der Waals surface area contributed by atoms with Gasteiger partial charge in [0.1, 0.15) is 54.1 Å². The van der Waals surface area contributed by atoms with Crippen LogP contribution in [0.1, 0.15) is 103 Å². The summed E-state index contributed by atoms with van der Waals surface area (Å²) in [6.07, 6.45) is -1.70. The number of aromatic hydroxyl groups is 1. The van der Waals surface area contributed by atoms with Gasteiger partial charge in [-0.25, -0.2) is 4.79 Å². The monoisotopic (exact) mass is 1190 g/mol. The number of primary amides is 2. The minimum atomic E-state index is -1.78. The highest BCUT2D eigenvalue weighted by atomic mass is 16.4. The number of carbonyl (C=O) groups excluding carboxylic acids is 11.